The minimum Gasteiger partial charge on any atom is -0.496 e. The number of nitrogens with one attached hydrogen (secondary N) is 2. The van der Waals surface area contributed by atoms with Gasteiger partial charge in [0.1, 0.15) is 5.75 Å². The molecule has 0 spiro atoms. The van der Waals surface area contributed by atoms with Gasteiger partial charge in [-0.2, -0.15) is 0 Å². The molecule has 5 rings (SSSR count). The van der Waals surface area contributed by atoms with Gasteiger partial charge in [-0.15, -0.1) is 0 Å². The van der Waals surface area contributed by atoms with Crippen LogP contribution in [-0.4, -0.2) is 49.2 Å². The summed E-state index contributed by atoms with van der Waals surface area (Å²) in [5.74, 6) is 1.59. The molecule has 3 aromatic rings. The lowest BCUT2D eigenvalue weighted by Gasteiger charge is -2.39. The number of aromatic amines is 1. The van der Waals surface area contributed by atoms with Gasteiger partial charge in [0.15, 0.2) is 0 Å². The number of para-hydroxylation sites is 1. The summed E-state index contributed by atoms with van der Waals surface area (Å²) >= 11 is 0. The summed E-state index contributed by atoms with van der Waals surface area (Å²) in [5.41, 5.74) is 4.94. The summed E-state index contributed by atoms with van der Waals surface area (Å²) in [6.07, 6.45) is 5.34. The van der Waals surface area contributed by atoms with Crippen LogP contribution in [0.1, 0.15) is 37.2 Å². The molecule has 4 nitrogen and oxygen atoms in total. The van der Waals surface area contributed by atoms with Crippen molar-refractivity contribution in [2.75, 3.05) is 27.2 Å². The number of fused-ring (bicyclic) bond motifs is 3. The third-order valence-electron chi connectivity index (χ3n) is 7.02. The first-order valence-electron chi connectivity index (χ1n) is 10.9. The number of hydrogen-bond acceptors (Lipinski definition) is 3. The zero-order valence-electron chi connectivity index (χ0n) is 17.4. The third kappa shape index (κ3) is 3.45. The summed E-state index contributed by atoms with van der Waals surface area (Å²) in [5, 5.41) is 4.62. The van der Waals surface area contributed by atoms with E-state index in [1.54, 1.807) is 7.11 Å². The molecule has 2 aliphatic rings. The van der Waals surface area contributed by atoms with Crippen molar-refractivity contribution in [3.05, 3.63) is 54.1 Å². The molecule has 4 heteroatoms. The first-order valence-corrected chi connectivity index (χ1v) is 10.9. The first-order chi connectivity index (χ1) is 14.3. The molecule has 2 bridgehead atoms. The summed E-state index contributed by atoms with van der Waals surface area (Å²) < 4.78 is 5.55. The van der Waals surface area contributed by atoms with Gasteiger partial charge in [0.25, 0.3) is 0 Å². The lowest BCUT2D eigenvalue weighted by molar-refractivity contribution is 0.128. The highest BCUT2D eigenvalue weighted by molar-refractivity contribution is 5.87. The van der Waals surface area contributed by atoms with Gasteiger partial charge < -0.3 is 15.0 Å². The highest BCUT2D eigenvalue weighted by atomic mass is 16.5. The standard InChI is InChI=1S/C25H31N3O/c1-26-11-12-28-20-8-9-21(28)15-18(14-20)17-7-10-23-19(13-17)16-24(27-23)22-5-3-4-6-25(22)29-2/h3-7,10,13,16,18,20-21,26-27H,8-9,11-12,14-15H2,1-2H3. The molecule has 0 saturated carbocycles. The molecule has 1 aromatic heterocycles. The van der Waals surface area contributed by atoms with Crippen LogP contribution in [0.25, 0.3) is 22.2 Å². The van der Waals surface area contributed by atoms with Crippen molar-refractivity contribution < 1.29 is 4.74 Å². The minimum atomic E-state index is 0.687. The largest absolute Gasteiger partial charge is 0.496 e. The van der Waals surface area contributed by atoms with Gasteiger partial charge in [-0.25, -0.2) is 0 Å². The molecule has 2 unspecified atom stereocenters. The highest BCUT2D eigenvalue weighted by Gasteiger charge is 2.40. The number of hydrogen-bond donors (Lipinski definition) is 2. The van der Waals surface area contributed by atoms with Crippen molar-refractivity contribution in [3.63, 3.8) is 0 Å². The highest BCUT2D eigenvalue weighted by Crippen LogP contribution is 2.43. The number of nitrogens with zero attached hydrogens (tertiary/aromatic N) is 1. The fraction of sp³-hybridized carbons (Fsp3) is 0.440. The van der Waals surface area contributed by atoms with Crippen LogP contribution in [-0.2, 0) is 0 Å². The maximum atomic E-state index is 5.55. The van der Waals surface area contributed by atoms with Crippen molar-refractivity contribution in [2.45, 2.75) is 43.7 Å². The molecule has 2 aliphatic heterocycles. The van der Waals surface area contributed by atoms with Crippen molar-refractivity contribution >= 4 is 10.9 Å². The molecule has 152 valence electrons. The Labute approximate surface area is 173 Å². The molecular formula is C25H31N3O. The Bertz CT molecular complexity index is 981. The molecule has 3 heterocycles. The van der Waals surface area contributed by atoms with Crippen LogP contribution in [0.3, 0.4) is 0 Å². The van der Waals surface area contributed by atoms with E-state index in [9.17, 15) is 0 Å². The minimum absolute atomic E-state index is 0.687. The van der Waals surface area contributed by atoms with Crippen LogP contribution < -0.4 is 10.1 Å². The zero-order valence-corrected chi connectivity index (χ0v) is 17.4. The number of piperidine rings is 1. The van der Waals surface area contributed by atoms with Gasteiger partial charge in [-0.3, -0.25) is 4.90 Å². The van der Waals surface area contributed by atoms with Gasteiger partial charge >= 0.3 is 0 Å². The molecule has 2 saturated heterocycles. The lowest BCUT2D eigenvalue weighted by atomic mass is 9.84. The molecule has 2 fully saturated rings. The van der Waals surface area contributed by atoms with Crippen molar-refractivity contribution in [2.24, 2.45) is 0 Å². The molecule has 0 amide bonds. The smallest absolute Gasteiger partial charge is 0.128 e. The van der Waals surface area contributed by atoms with Crippen molar-refractivity contribution in [3.8, 4) is 17.0 Å². The summed E-state index contributed by atoms with van der Waals surface area (Å²) in [6, 6.07) is 19.0. The second-order valence-corrected chi connectivity index (χ2v) is 8.62. The van der Waals surface area contributed by atoms with Crippen molar-refractivity contribution in [1.29, 1.82) is 0 Å². The number of rotatable bonds is 6. The Morgan fingerprint density at radius 2 is 1.86 bits per heavy atom. The number of aromatic nitrogens is 1. The summed E-state index contributed by atoms with van der Waals surface area (Å²) in [6.45, 7) is 2.29. The Morgan fingerprint density at radius 1 is 1.07 bits per heavy atom. The molecule has 2 aromatic carbocycles. The second-order valence-electron chi connectivity index (χ2n) is 8.62. The molecular weight excluding hydrogens is 358 g/mol. The van der Waals surface area contributed by atoms with Crippen LogP contribution in [0.15, 0.2) is 48.5 Å². The lowest BCUT2D eigenvalue weighted by Crippen LogP contribution is -2.44. The number of H-pyrrole nitrogens is 1. The normalized spacial score (nSPS) is 24.3. The quantitative estimate of drug-likeness (QED) is 0.638. The van der Waals surface area contributed by atoms with E-state index in [1.165, 1.54) is 48.7 Å². The fourth-order valence-corrected chi connectivity index (χ4v) is 5.57. The average Bonchev–Trinajstić information content (AvgIpc) is 3.28. The van der Waals surface area contributed by atoms with E-state index in [0.717, 1.165) is 35.6 Å². The molecule has 0 radical (unpaired) electrons. The predicted octanol–water partition coefficient (Wildman–Crippen LogP) is 4.77. The van der Waals surface area contributed by atoms with Crippen LogP contribution in [0.5, 0.6) is 5.75 Å². The van der Waals surface area contributed by atoms with Crippen molar-refractivity contribution in [1.82, 2.24) is 15.2 Å². The first kappa shape index (κ1) is 18.7. The van der Waals surface area contributed by atoms with E-state index in [4.69, 9.17) is 4.74 Å². The van der Waals surface area contributed by atoms with E-state index < -0.39 is 0 Å². The van der Waals surface area contributed by atoms with Gasteiger partial charge in [-0.1, -0.05) is 18.2 Å². The van der Waals surface area contributed by atoms with Gasteiger partial charge in [0.2, 0.25) is 0 Å². The van der Waals surface area contributed by atoms with Gasteiger partial charge in [-0.05, 0) is 74.5 Å². The van der Waals surface area contributed by atoms with Gasteiger partial charge in [0.05, 0.1) is 12.8 Å². The van der Waals surface area contributed by atoms with Gasteiger partial charge in [0, 0.05) is 41.6 Å². The predicted molar refractivity (Wildman–Crippen MR) is 120 cm³/mol. The maximum absolute atomic E-state index is 5.55. The molecule has 29 heavy (non-hydrogen) atoms. The number of likely N-dealkylation sites (N-methyl/N-ethyl adjacent to an activating group) is 1. The molecule has 2 N–H and O–H groups in total. The fourth-order valence-electron chi connectivity index (χ4n) is 5.57. The maximum Gasteiger partial charge on any atom is 0.128 e. The van der Waals surface area contributed by atoms with E-state index >= 15 is 0 Å². The SMILES string of the molecule is CNCCN1C2CCC1CC(c1ccc3[nH]c(-c4ccccc4OC)cc3c1)C2. The van der Waals surface area contributed by atoms with Crippen LogP contribution in [0.4, 0.5) is 0 Å². The van der Waals surface area contributed by atoms with E-state index in [2.05, 4.69) is 58.6 Å². The van der Waals surface area contributed by atoms with E-state index in [1.807, 2.05) is 12.1 Å². The number of benzene rings is 2. The average molecular weight is 390 g/mol. The summed E-state index contributed by atoms with van der Waals surface area (Å²) in [4.78, 5) is 6.35. The Hall–Kier alpha value is -2.30. The third-order valence-corrected chi connectivity index (χ3v) is 7.02. The Balaban J connectivity index is 1.40. The Morgan fingerprint density at radius 3 is 2.62 bits per heavy atom. The monoisotopic (exact) mass is 389 g/mol. The molecule has 2 atom stereocenters. The Kier molecular flexibility index (Phi) is 5.06. The van der Waals surface area contributed by atoms with E-state index in [0.29, 0.717) is 5.92 Å². The zero-order chi connectivity index (χ0) is 19.8. The summed E-state index contributed by atoms with van der Waals surface area (Å²) in [7, 11) is 3.79. The molecule has 0 aliphatic carbocycles. The van der Waals surface area contributed by atoms with Crippen LogP contribution >= 0.6 is 0 Å². The topological polar surface area (TPSA) is 40.3 Å². The van der Waals surface area contributed by atoms with E-state index in [-0.39, 0.29) is 0 Å². The van der Waals surface area contributed by atoms with Crippen LogP contribution in [0.2, 0.25) is 0 Å². The second kappa shape index (κ2) is 7.85. The number of ether oxygens (including phenoxy) is 1. The number of methoxy groups -OCH3 is 1. The van der Waals surface area contributed by atoms with Crippen LogP contribution in [0, 0.1) is 0 Å².